The number of rotatable bonds is 8. The lowest BCUT2D eigenvalue weighted by Crippen LogP contribution is -2.34. The highest BCUT2D eigenvalue weighted by Gasteiger charge is 2.43. The number of pyridine rings is 1. The van der Waals surface area contributed by atoms with Crippen LogP contribution in [0.4, 0.5) is 17.6 Å². The molecule has 5 aromatic rings. The standard InChI is InChI=1S/C34H32F4N8O3/c1-19(47-3)17-46-27-16-40-26(31-42-32(44-43-31)34(36,37)38)14-25(27)41-29(46)18-45-11-9-21(10-12-45)22-5-4-6-28-30(22)49-33(2,48-28)23-8-7-20(15-39)13-24(23)35/h4-8,13-14,16,19,21H,9-12,17-18H2,1-3H3,(H,42,43,44). The van der Waals surface area contributed by atoms with Crippen molar-refractivity contribution in [3.8, 4) is 29.1 Å². The predicted molar refractivity (Wildman–Crippen MR) is 168 cm³/mol. The Kier molecular flexibility index (Phi) is 8.24. The molecule has 11 nitrogen and oxygen atoms in total. The van der Waals surface area contributed by atoms with Crippen molar-refractivity contribution in [2.24, 2.45) is 0 Å². The molecule has 2 unspecified atom stereocenters. The fraction of sp³-hybridized carbons (Fsp3) is 0.382. The second-order valence-corrected chi connectivity index (χ2v) is 12.4. The van der Waals surface area contributed by atoms with Crippen LogP contribution in [0.15, 0.2) is 48.7 Å². The lowest BCUT2D eigenvalue weighted by atomic mass is 9.88. The fourth-order valence-electron chi connectivity index (χ4n) is 6.50. The number of hydrogen-bond acceptors (Lipinski definition) is 9. The summed E-state index contributed by atoms with van der Waals surface area (Å²) in [5.41, 5.74) is 2.92. The maximum atomic E-state index is 15.0. The fourth-order valence-corrected chi connectivity index (χ4v) is 6.50. The van der Waals surface area contributed by atoms with Crippen molar-refractivity contribution in [3.63, 3.8) is 0 Å². The first-order valence-corrected chi connectivity index (χ1v) is 15.8. The lowest BCUT2D eigenvalue weighted by Gasteiger charge is -2.32. The first-order valence-electron chi connectivity index (χ1n) is 15.8. The number of nitriles is 1. The number of likely N-dealkylation sites (tertiary alicyclic amines) is 1. The van der Waals surface area contributed by atoms with Crippen LogP contribution in [0.5, 0.6) is 11.5 Å². The summed E-state index contributed by atoms with van der Waals surface area (Å²) in [6, 6.07) is 13.5. The van der Waals surface area contributed by atoms with Crippen LogP contribution in [-0.4, -0.2) is 60.9 Å². The number of H-pyrrole nitrogens is 1. The van der Waals surface area contributed by atoms with Gasteiger partial charge in [0.05, 0.1) is 53.6 Å². The van der Waals surface area contributed by atoms with Crippen LogP contribution in [0.3, 0.4) is 0 Å². The first kappa shape index (κ1) is 32.5. The summed E-state index contributed by atoms with van der Waals surface area (Å²) in [5.74, 6) is -1.15. The van der Waals surface area contributed by atoms with Gasteiger partial charge in [-0.05, 0) is 69.1 Å². The Morgan fingerprint density at radius 2 is 1.94 bits per heavy atom. The second kappa shape index (κ2) is 12.4. The minimum Gasteiger partial charge on any atom is -0.444 e. The van der Waals surface area contributed by atoms with E-state index in [2.05, 4.69) is 25.1 Å². The molecule has 49 heavy (non-hydrogen) atoms. The van der Waals surface area contributed by atoms with Crippen molar-refractivity contribution in [1.29, 1.82) is 5.26 Å². The molecule has 0 bridgehead atoms. The number of alkyl halides is 3. The van der Waals surface area contributed by atoms with Gasteiger partial charge in [0.25, 0.3) is 5.79 Å². The van der Waals surface area contributed by atoms with Gasteiger partial charge in [0.1, 0.15) is 17.3 Å². The molecule has 3 aromatic heterocycles. The maximum Gasteiger partial charge on any atom is 0.451 e. The smallest absolute Gasteiger partial charge is 0.444 e. The Morgan fingerprint density at radius 1 is 1.14 bits per heavy atom. The number of benzene rings is 2. The molecule has 1 saturated heterocycles. The number of imidazole rings is 1. The van der Waals surface area contributed by atoms with Crippen LogP contribution in [0.25, 0.3) is 22.6 Å². The van der Waals surface area contributed by atoms with Crippen LogP contribution in [0, 0.1) is 17.1 Å². The second-order valence-electron chi connectivity index (χ2n) is 12.4. The molecule has 0 amide bonds. The zero-order valence-electron chi connectivity index (χ0n) is 26.9. The quantitative estimate of drug-likeness (QED) is 0.188. The summed E-state index contributed by atoms with van der Waals surface area (Å²) in [5, 5.41) is 16.0. The largest absolute Gasteiger partial charge is 0.451 e. The average Bonchev–Trinajstić information content (AvgIpc) is 3.80. The van der Waals surface area contributed by atoms with Gasteiger partial charge in [0, 0.05) is 19.6 Å². The van der Waals surface area contributed by atoms with Crippen molar-refractivity contribution < 1.29 is 31.8 Å². The molecule has 254 valence electrons. The van der Waals surface area contributed by atoms with Crippen LogP contribution < -0.4 is 9.47 Å². The Labute approximate surface area is 278 Å². The normalized spacial score (nSPS) is 19.0. The topological polar surface area (TPSA) is 127 Å². The molecule has 0 aliphatic carbocycles. The number of fused-ring (bicyclic) bond motifs is 2. The Balaban J connectivity index is 1.08. The zero-order valence-corrected chi connectivity index (χ0v) is 26.9. The van der Waals surface area contributed by atoms with E-state index >= 15 is 0 Å². The molecule has 2 atom stereocenters. The summed E-state index contributed by atoms with van der Waals surface area (Å²) >= 11 is 0. The highest BCUT2D eigenvalue weighted by molar-refractivity contribution is 5.78. The third kappa shape index (κ3) is 6.17. The number of piperidine rings is 1. The molecule has 2 aromatic carbocycles. The van der Waals surface area contributed by atoms with E-state index < -0.39 is 23.6 Å². The van der Waals surface area contributed by atoms with Crippen LogP contribution in [-0.2, 0) is 29.8 Å². The number of methoxy groups -OCH3 is 1. The molecular weight excluding hydrogens is 644 g/mol. The van der Waals surface area contributed by atoms with E-state index in [-0.39, 0.29) is 34.7 Å². The summed E-state index contributed by atoms with van der Waals surface area (Å²) in [7, 11) is 1.63. The number of ether oxygens (including phenoxy) is 3. The van der Waals surface area contributed by atoms with Gasteiger partial charge in [-0.2, -0.15) is 18.4 Å². The van der Waals surface area contributed by atoms with Gasteiger partial charge >= 0.3 is 6.18 Å². The minimum absolute atomic E-state index is 0.0956. The molecule has 1 N–H and O–H groups in total. The van der Waals surface area contributed by atoms with E-state index in [1.165, 1.54) is 12.1 Å². The molecule has 1 fully saturated rings. The van der Waals surface area contributed by atoms with Crippen LogP contribution >= 0.6 is 0 Å². The Bertz CT molecular complexity index is 2060. The van der Waals surface area contributed by atoms with E-state index in [4.69, 9.17) is 24.5 Å². The van der Waals surface area contributed by atoms with E-state index in [1.807, 2.05) is 35.8 Å². The van der Waals surface area contributed by atoms with Crippen molar-refractivity contribution in [3.05, 3.63) is 82.8 Å². The van der Waals surface area contributed by atoms with Crippen molar-refractivity contribution in [2.45, 2.75) is 63.8 Å². The van der Waals surface area contributed by atoms with E-state index in [9.17, 15) is 17.6 Å². The Hall–Kier alpha value is -5.07. The van der Waals surface area contributed by atoms with E-state index in [0.29, 0.717) is 30.1 Å². The third-order valence-corrected chi connectivity index (χ3v) is 9.14. The summed E-state index contributed by atoms with van der Waals surface area (Å²) in [6.07, 6.45) is -1.54. The monoisotopic (exact) mass is 676 g/mol. The van der Waals surface area contributed by atoms with Crippen LogP contribution in [0.1, 0.15) is 60.9 Å². The molecule has 15 heteroatoms. The average molecular weight is 677 g/mol. The highest BCUT2D eigenvalue weighted by atomic mass is 19.4. The van der Waals surface area contributed by atoms with Gasteiger partial charge in [-0.15, -0.1) is 10.2 Å². The van der Waals surface area contributed by atoms with Crippen LogP contribution in [0.2, 0.25) is 0 Å². The molecule has 2 aliphatic heterocycles. The number of nitrogens with zero attached hydrogens (tertiary/aromatic N) is 7. The van der Waals surface area contributed by atoms with Gasteiger partial charge in [0.2, 0.25) is 5.82 Å². The predicted octanol–water partition coefficient (Wildman–Crippen LogP) is 6.30. The molecule has 7 rings (SSSR count). The Morgan fingerprint density at radius 3 is 2.63 bits per heavy atom. The molecule has 5 heterocycles. The maximum absolute atomic E-state index is 15.0. The number of hydrogen-bond donors (Lipinski definition) is 1. The number of aromatic amines is 1. The SMILES string of the molecule is COC(C)Cn1c(CN2CCC(c3cccc4c3OC(C)(c3ccc(C#N)cc3F)O4)CC2)nc2cc(-c3nnc(C(F)(F)F)[nH]3)ncc21. The number of halogens is 4. The van der Waals surface area contributed by atoms with Gasteiger partial charge in [-0.3, -0.25) is 9.88 Å². The van der Waals surface area contributed by atoms with Gasteiger partial charge in [-0.25, -0.2) is 9.37 Å². The molecular formula is C34H32F4N8O3. The number of para-hydroxylation sites is 1. The summed E-state index contributed by atoms with van der Waals surface area (Å²) < 4.78 is 74.3. The number of aromatic nitrogens is 6. The first-order chi connectivity index (χ1) is 23.5. The lowest BCUT2D eigenvalue weighted by molar-refractivity contribution is -0.144. The van der Waals surface area contributed by atoms with Crippen molar-refractivity contribution in [1.82, 2.24) is 34.6 Å². The van der Waals surface area contributed by atoms with Gasteiger partial charge in [0.15, 0.2) is 17.3 Å². The summed E-state index contributed by atoms with van der Waals surface area (Å²) in [6.45, 7) is 6.19. The molecule has 2 aliphatic rings. The zero-order chi connectivity index (χ0) is 34.5. The van der Waals surface area contributed by atoms with Gasteiger partial charge < -0.3 is 23.8 Å². The summed E-state index contributed by atoms with van der Waals surface area (Å²) in [4.78, 5) is 13.8. The van der Waals surface area contributed by atoms with E-state index in [0.717, 1.165) is 42.8 Å². The number of nitrogens with one attached hydrogen (secondary N) is 1. The third-order valence-electron chi connectivity index (χ3n) is 9.14. The van der Waals surface area contributed by atoms with E-state index in [1.54, 1.807) is 32.4 Å². The minimum atomic E-state index is -4.65. The molecule has 0 saturated carbocycles. The van der Waals surface area contributed by atoms with Crippen molar-refractivity contribution in [2.75, 3.05) is 20.2 Å². The van der Waals surface area contributed by atoms with Gasteiger partial charge in [-0.1, -0.05) is 12.1 Å². The highest BCUT2D eigenvalue weighted by Crippen LogP contribution is 2.49. The molecule has 0 spiro atoms. The molecule has 0 radical (unpaired) electrons. The van der Waals surface area contributed by atoms with Crippen molar-refractivity contribution >= 4 is 11.0 Å².